The van der Waals surface area contributed by atoms with Crippen molar-refractivity contribution in [2.45, 2.75) is 109 Å². The van der Waals surface area contributed by atoms with Crippen LogP contribution in [0.4, 0.5) is 0 Å². The molecule has 0 heterocycles. The highest BCUT2D eigenvalue weighted by Crippen LogP contribution is 2.28. The SMILES string of the molecule is CCCCCCCCCCCCCCC(CC(C)S)C1=CC(=O)C=CC1=O. The van der Waals surface area contributed by atoms with Gasteiger partial charge in [0.15, 0.2) is 11.6 Å². The zero-order chi connectivity index (χ0) is 19.9. The summed E-state index contributed by atoms with van der Waals surface area (Å²) < 4.78 is 0. The molecule has 0 fully saturated rings. The summed E-state index contributed by atoms with van der Waals surface area (Å²) in [4.78, 5) is 23.8. The minimum atomic E-state index is -0.0592. The van der Waals surface area contributed by atoms with Crippen molar-refractivity contribution in [1.29, 1.82) is 0 Å². The summed E-state index contributed by atoms with van der Waals surface area (Å²) in [6.07, 6.45) is 22.2. The van der Waals surface area contributed by atoms with E-state index in [1.807, 2.05) is 0 Å². The first-order chi connectivity index (χ1) is 13.0. The van der Waals surface area contributed by atoms with Gasteiger partial charge in [0.25, 0.3) is 0 Å². The minimum absolute atomic E-state index is 0.00696. The molecule has 154 valence electrons. The lowest BCUT2D eigenvalue weighted by Gasteiger charge is -2.21. The summed E-state index contributed by atoms with van der Waals surface area (Å²) in [6.45, 7) is 4.33. The molecule has 2 atom stereocenters. The molecular formula is C24H40O2S. The van der Waals surface area contributed by atoms with Gasteiger partial charge in [0, 0.05) is 5.57 Å². The average Bonchev–Trinajstić information content (AvgIpc) is 2.63. The summed E-state index contributed by atoms with van der Waals surface area (Å²) in [5.41, 5.74) is 0.700. The van der Waals surface area contributed by atoms with Gasteiger partial charge in [-0.05, 0) is 42.2 Å². The number of thiol groups is 1. The smallest absolute Gasteiger partial charge is 0.182 e. The highest BCUT2D eigenvalue weighted by atomic mass is 32.1. The van der Waals surface area contributed by atoms with Crippen LogP contribution in [0.3, 0.4) is 0 Å². The summed E-state index contributed by atoms with van der Waals surface area (Å²) in [5.74, 6) is 0.116. The standard InChI is InChI=1S/C24H40O2S/c1-3-4-5-6-7-8-9-10-11-12-13-14-15-21(18-20(2)27)23-19-22(25)16-17-24(23)26/h16-17,19-21,27H,3-15,18H2,1-2H3. The fourth-order valence-electron chi connectivity index (χ4n) is 3.89. The van der Waals surface area contributed by atoms with Gasteiger partial charge in [-0.15, -0.1) is 0 Å². The average molecular weight is 393 g/mol. The fraction of sp³-hybridized carbons (Fsp3) is 0.750. The first-order valence-electron chi connectivity index (χ1n) is 11.2. The Hall–Kier alpha value is -0.830. The van der Waals surface area contributed by atoms with Crippen LogP contribution in [0.15, 0.2) is 23.8 Å². The van der Waals surface area contributed by atoms with Gasteiger partial charge in [-0.1, -0.05) is 90.9 Å². The number of unbranched alkanes of at least 4 members (excludes halogenated alkanes) is 11. The Balaban J connectivity index is 2.16. The predicted octanol–water partition coefficient (Wildman–Crippen LogP) is 7.04. The quantitative estimate of drug-likeness (QED) is 0.174. The third kappa shape index (κ3) is 11.6. The minimum Gasteiger partial charge on any atom is -0.290 e. The molecule has 2 unspecified atom stereocenters. The van der Waals surface area contributed by atoms with Crippen molar-refractivity contribution in [1.82, 2.24) is 0 Å². The maximum Gasteiger partial charge on any atom is 0.182 e. The molecule has 3 heteroatoms. The lowest BCUT2D eigenvalue weighted by molar-refractivity contribution is -0.115. The Kier molecular flexibility index (Phi) is 13.6. The third-order valence-electron chi connectivity index (χ3n) is 5.45. The van der Waals surface area contributed by atoms with E-state index in [1.165, 1.54) is 82.8 Å². The van der Waals surface area contributed by atoms with Gasteiger partial charge in [-0.2, -0.15) is 12.6 Å². The number of rotatable bonds is 16. The van der Waals surface area contributed by atoms with Crippen LogP contribution in [0.1, 0.15) is 104 Å². The van der Waals surface area contributed by atoms with Crippen LogP contribution < -0.4 is 0 Å². The maximum atomic E-state index is 12.1. The van der Waals surface area contributed by atoms with Crippen LogP contribution in [0, 0.1) is 5.92 Å². The zero-order valence-electron chi connectivity index (χ0n) is 17.5. The molecule has 0 saturated carbocycles. The molecule has 0 aromatic heterocycles. The Morgan fingerprint density at radius 1 is 0.815 bits per heavy atom. The Bertz CT molecular complexity index is 491. The Labute approximate surface area is 172 Å². The molecule has 0 saturated heterocycles. The van der Waals surface area contributed by atoms with E-state index in [2.05, 4.69) is 26.5 Å². The molecule has 0 N–H and O–H groups in total. The highest BCUT2D eigenvalue weighted by molar-refractivity contribution is 7.80. The van der Waals surface area contributed by atoms with Crippen molar-refractivity contribution < 1.29 is 9.59 Å². The fourth-order valence-corrected chi connectivity index (χ4v) is 4.14. The van der Waals surface area contributed by atoms with Crippen molar-refractivity contribution in [2.75, 3.05) is 0 Å². The van der Waals surface area contributed by atoms with Gasteiger partial charge in [0.1, 0.15) is 0 Å². The summed E-state index contributed by atoms with van der Waals surface area (Å²) in [6, 6.07) is 0. The van der Waals surface area contributed by atoms with Gasteiger partial charge in [0.05, 0.1) is 0 Å². The van der Waals surface area contributed by atoms with E-state index in [-0.39, 0.29) is 22.7 Å². The summed E-state index contributed by atoms with van der Waals surface area (Å²) in [7, 11) is 0. The highest BCUT2D eigenvalue weighted by Gasteiger charge is 2.23. The van der Waals surface area contributed by atoms with Gasteiger partial charge < -0.3 is 0 Å². The molecule has 0 spiro atoms. The molecular weight excluding hydrogens is 352 g/mol. The van der Waals surface area contributed by atoms with Gasteiger partial charge in [0.2, 0.25) is 0 Å². The second-order valence-electron chi connectivity index (χ2n) is 8.16. The van der Waals surface area contributed by atoms with Crippen molar-refractivity contribution in [3.63, 3.8) is 0 Å². The number of hydrogen-bond donors (Lipinski definition) is 1. The number of carbonyl (C=O) groups excluding carboxylic acids is 2. The maximum absolute atomic E-state index is 12.1. The summed E-state index contributed by atoms with van der Waals surface area (Å²) in [5, 5.41) is 0.238. The number of carbonyl (C=O) groups is 2. The number of allylic oxidation sites excluding steroid dienone is 4. The van der Waals surface area contributed by atoms with E-state index >= 15 is 0 Å². The van der Waals surface area contributed by atoms with Crippen molar-refractivity contribution in [3.8, 4) is 0 Å². The molecule has 0 aromatic rings. The number of ketones is 2. The van der Waals surface area contributed by atoms with Crippen molar-refractivity contribution in [2.24, 2.45) is 5.92 Å². The molecule has 0 radical (unpaired) electrons. The van der Waals surface area contributed by atoms with Crippen LogP contribution in [-0.4, -0.2) is 16.8 Å². The van der Waals surface area contributed by atoms with Gasteiger partial charge in [-0.25, -0.2) is 0 Å². The first-order valence-corrected chi connectivity index (χ1v) is 11.7. The van der Waals surface area contributed by atoms with E-state index in [0.717, 1.165) is 19.3 Å². The van der Waals surface area contributed by atoms with Crippen LogP contribution in [0.5, 0.6) is 0 Å². The normalized spacial score (nSPS) is 16.5. The second kappa shape index (κ2) is 15.1. The molecule has 27 heavy (non-hydrogen) atoms. The molecule has 1 aliphatic rings. The van der Waals surface area contributed by atoms with Crippen LogP contribution in [0.25, 0.3) is 0 Å². The monoisotopic (exact) mass is 392 g/mol. The lowest BCUT2D eigenvalue weighted by atomic mass is 9.84. The predicted molar refractivity (Wildman–Crippen MR) is 119 cm³/mol. The molecule has 0 aliphatic heterocycles. The van der Waals surface area contributed by atoms with E-state index in [1.54, 1.807) is 6.08 Å². The molecule has 0 amide bonds. The second-order valence-corrected chi connectivity index (χ2v) is 9.04. The van der Waals surface area contributed by atoms with Crippen LogP contribution in [-0.2, 0) is 9.59 Å². The number of hydrogen-bond acceptors (Lipinski definition) is 3. The molecule has 2 nitrogen and oxygen atoms in total. The summed E-state index contributed by atoms with van der Waals surface area (Å²) >= 11 is 4.51. The van der Waals surface area contributed by atoms with Crippen molar-refractivity contribution in [3.05, 3.63) is 23.8 Å². The van der Waals surface area contributed by atoms with E-state index in [4.69, 9.17) is 0 Å². The van der Waals surface area contributed by atoms with Crippen LogP contribution in [0.2, 0.25) is 0 Å². The van der Waals surface area contributed by atoms with Crippen LogP contribution >= 0.6 is 12.6 Å². The molecule has 1 rings (SSSR count). The van der Waals surface area contributed by atoms with E-state index < -0.39 is 0 Å². The third-order valence-corrected chi connectivity index (χ3v) is 5.66. The van der Waals surface area contributed by atoms with Gasteiger partial charge >= 0.3 is 0 Å². The van der Waals surface area contributed by atoms with E-state index in [0.29, 0.717) is 5.57 Å². The molecule has 0 aromatic carbocycles. The zero-order valence-corrected chi connectivity index (χ0v) is 18.4. The van der Waals surface area contributed by atoms with Gasteiger partial charge in [-0.3, -0.25) is 9.59 Å². The Morgan fingerprint density at radius 3 is 1.85 bits per heavy atom. The molecule has 0 bridgehead atoms. The largest absolute Gasteiger partial charge is 0.290 e. The van der Waals surface area contributed by atoms with E-state index in [9.17, 15) is 9.59 Å². The Morgan fingerprint density at radius 2 is 1.33 bits per heavy atom. The molecule has 1 aliphatic carbocycles. The lowest BCUT2D eigenvalue weighted by Crippen LogP contribution is -2.18. The van der Waals surface area contributed by atoms with Crippen molar-refractivity contribution >= 4 is 24.2 Å². The first kappa shape index (κ1) is 24.2. The topological polar surface area (TPSA) is 34.1 Å².